The van der Waals surface area contributed by atoms with Gasteiger partial charge in [0, 0.05) is 32.2 Å². The number of rotatable bonds is 3. The molecule has 4 nitrogen and oxygen atoms in total. The molecule has 2 fully saturated rings. The third-order valence-corrected chi connectivity index (χ3v) is 4.31. The number of likely N-dealkylation sites (tertiary alicyclic amines) is 1. The Hall–Kier alpha value is -0.770. The monoisotopic (exact) mass is 239 g/mol. The van der Waals surface area contributed by atoms with E-state index in [1.165, 1.54) is 6.42 Å². The highest BCUT2D eigenvalue weighted by Crippen LogP contribution is 2.19. The smallest absolute Gasteiger partial charge is 0.317 e. The second-order valence-corrected chi connectivity index (χ2v) is 5.35. The van der Waals surface area contributed by atoms with Gasteiger partial charge in [-0.15, -0.1) is 0 Å². The number of urea groups is 1. The standard InChI is InChI=1S/C13H25N3O/c1-3-16-9-7-12(8-10-16)15(2)13(17)14-11-5-4-6-11/h11-12H,3-10H2,1-2H3,(H,14,17). The van der Waals surface area contributed by atoms with Gasteiger partial charge in [-0.3, -0.25) is 0 Å². The highest BCUT2D eigenvalue weighted by Gasteiger charge is 2.27. The maximum absolute atomic E-state index is 12.0. The molecule has 0 spiro atoms. The second-order valence-electron chi connectivity index (χ2n) is 5.35. The fourth-order valence-corrected chi connectivity index (χ4v) is 2.62. The molecule has 1 aliphatic heterocycles. The normalized spacial score (nSPS) is 23.2. The highest BCUT2D eigenvalue weighted by atomic mass is 16.2. The van der Waals surface area contributed by atoms with Gasteiger partial charge in [0.05, 0.1) is 0 Å². The van der Waals surface area contributed by atoms with Crippen molar-refractivity contribution in [3.8, 4) is 0 Å². The summed E-state index contributed by atoms with van der Waals surface area (Å²) in [6.45, 7) is 5.59. The van der Waals surface area contributed by atoms with Crippen LogP contribution in [-0.4, -0.2) is 54.6 Å². The van der Waals surface area contributed by atoms with Gasteiger partial charge in [-0.2, -0.15) is 0 Å². The number of hydrogen-bond acceptors (Lipinski definition) is 2. The van der Waals surface area contributed by atoms with Crippen molar-refractivity contribution in [1.29, 1.82) is 0 Å². The summed E-state index contributed by atoms with van der Waals surface area (Å²) < 4.78 is 0. The molecule has 1 aliphatic carbocycles. The number of carbonyl (C=O) groups is 1. The van der Waals surface area contributed by atoms with E-state index >= 15 is 0 Å². The number of nitrogens with one attached hydrogen (secondary N) is 1. The summed E-state index contributed by atoms with van der Waals surface area (Å²) in [7, 11) is 1.94. The average molecular weight is 239 g/mol. The van der Waals surface area contributed by atoms with Gasteiger partial charge in [-0.1, -0.05) is 6.92 Å². The molecule has 0 atom stereocenters. The average Bonchev–Trinajstić information content (AvgIpc) is 2.32. The van der Waals surface area contributed by atoms with Gasteiger partial charge in [-0.25, -0.2) is 4.79 Å². The van der Waals surface area contributed by atoms with Crippen molar-refractivity contribution in [1.82, 2.24) is 15.1 Å². The molecule has 4 heteroatoms. The minimum atomic E-state index is 0.129. The Morgan fingerprint density at radius 3 is 2.41 bits per heavy atom. The summed E-state index contributed by atoms with van der Waals surface area (Å²) >= 11 is 0. The van der Waals surface area contributed by atoms with Crippen LogP contribution >= 0.6 is 0 Å². The molecule has 0 radical (unpaired) electrons. The first-order chi connectivity index (χ1) is 8.20. The number of nitrogens with zero attached hydrogens (tertiary/aromatic N) is 2. The fourth-order valence-electron chi connectivity index (χ4n) is 2.62. The van der Waals surface area contributed by atoms with E-state index in [2.05, 4.69) is 17.1 Å². The lowest BCUT2D eigenvalue weighted by Gasteiger charge is -2.37. The molecular formula is C13H25N3O. The summed E-state index contributed by atoms with van der Waals surface area (Å²) in [6.07, 6.45) is 5.82. The van der Waals surface area contributed by atoms with Gasteiger partial charge in [0.1, 0.15) is 0 Å². The maximum Gasteiger partial charge on any atom is 0.317 e. The van der Waals surface area contributed by atoms with Crippen molar-refractivity contribution < 1.29 is 4.79 Å². The molecule has 1 saturated heterocycles. The SMILES string of the molecule is CCN1CCC(N(C)C(=O)NC2CCC2)CC1. The van der Waals surface area contributed by atoms with Crippen LogP contribution in [0.3, 0.4) is 0 Å². The van der Waals surface area contributed by atoms with Gasteiger partial charge in [0.15, 0.2) is 0 Å². The Kier molecular flexibility index (Phi) is 4.26. The zero-order valence-corrected chi connectivity index (χ0v) is 11.1. The Bertz CT molecular complexity index is 257. The third kappa shape index (κ3) is 3.12. The van der Waals surface area contributed by atoms with Crippen molar-refractivity contribution in [3.05, 3.63) is 0 Å². The van der Waals surface area contributed by atoms with E-state index in [9.17, 15) is 4.79 Å². The summed E-state index contributed by atoms with van der Waals surface area (Å²) in [5.74, 6) is 0. The van der Waals surface area contributed by atoms with E-state index in [1.807, 2.05) is 11.9 Å². The second kappa shape index (κ2) is 5.71. The van der Waals surface area contributed by atoms with Crippen molar-refractivity contribution in [2.75, 3.05) is 26.7 Å². The minimum Gasteiger partial charge on any atom is -0.335 e. The van der Waals surface area contributed by atoms with E-state index < -0.39 is 0 Å². The number of hydrogen-bond donors (Lipinski definition) is 1. The molecule has 98 valence electrons. The first-order valence-electron chi connectivity index (χ1n) is 6.96. The van der Waals surface area contributed by atoms with Crippen molar-refractivity contribution in [3.63, 3.8) is 0 Å². The van der Waals surface area contributed by atoms with Crippen LogP contribution in [0.4, 0.5) is 4.79 Å². The predicted octanol–water partition coefficient (Wildman–Crippen LogP) is 1.66. The molecule has 0 aromatic carbocycles. The van der Waals surface area contributed by atoms with Crippen molar-refractivity contribution in [2.24, 2.45) is 0 Å². The van der Waals surface area contributed by atoms with Crippen LogP contribution in [0.25, 0.3) is 0 Å². The van der Waals surface area contributed by atoms with Crippen LogP contribution in [0.5, 0.6) is 0 Å². The summed E-state index contributed by atoms with van der Waals surface area (Å²) in [5, 5.41) is 3.11. The molecule has 0 aromatic rings. The number of piperidine rings is 1. The molecule has 1 heterocycles. The Morgan fingerprint density at radius 2 is 1.94 bits per heavy atom. The summed E-state index contributed by atoms with van der Waals surface area (Å²) in [4.78, 5) is 16.4. The quantitative estimate of drug-likeness (QED) is 0.813. The fraction of sp³-hybridized carbons (Fsp3) is 0.923. The lowest BCUT2D eigenvalue weighted by atomic mass is 9.93. The lowest BCUT2D eigenvalue weighted by Crippen LogP contribution is -2.52. The van der Waals surface area contributed by atoms with Crippen LogP contribution < -0.4 is 5.32 Å². The maximum atomic E-state index is 12.0. The summed E-state index contributed by atoms with van der Waals surface area (Å²) in [6, 6.07) is 1.00. The Morgan fingerprint density at radius 1 is 1.29 bits per heavy atom. The zero-order chi connectivity index (χ0) is 12.3. The predicted molar refractivity (Wildman–Crippen MR) is 69.1 cm³/mol. The molecule has 17 heavy (non-hydrogen) atoms. The topological polar surface area (TPSA) is 35.6 Å². The van der Waals surface area contributed by atoms with Gasteiger partial charge < -0.3 is 15.1 Å². The minimum absolute atomic E-state index is 0.129. The molecule has 1 saturated carbocycles. The Labute approximate surface area is 104 Å². The molecule has 0 bridgehead atoms. The first kappa shape index (κ1) is 12.7. The van der Waals surface area contributed by atoms with Gasteiger partial charge in [0.25, 0.3) is 0 Å². The van der Waals surface area contributed by atoms with Crippen LogP contribution in [0.1, 0.15) is 39.0 Å². The van der Waals surface area contributed by atoms with Crippen LogP contribution in [0.15, 0.2) is 0 Å². The van der Waals surface area contributed by atoms with E-state index in [-0.39, 0.29) is 6.03 Å². The Balaban J connectivity index is 1.75. The van der Waals surface area contributed by atoms with Crippen LogP contribution in [-0.2, 0) is 0 Å². The third-order valence-electron chi connectivity index (χ3n) is 4.31. The van der Waals surface area contributed by atoms with Crippen LogP contribution in [0, 0.1) is 0 Å². The van der Waals surface area contributed by atoms with Crippen molar-refractivity contribution in [2.45, 2.75) is 51.1 Å². The van der Waals surface area contributed by atoms with Gasteiger partial charge in [0.2, 0.25) is 0 Å². The van der Waals surface area contributed by atoms with Crippen LogP contribution in [0.2, 0.25) is 0 Å². The largest absolute Gasteiger partial charge is 0.335 e. The van der Waals surface area contributed by atoms with E-state index in [0.29, 0.717) is 12.1 Å². The molecule has 0 unspecified atom stereocenters. The highest BCUT2D eigenvalue weighted by molar-refractivity contribution is 5.74. The summed E-state index contributed by atoms with van der Waals surface area (Å²) in [5.41, 5.74) is 0. The van der Waals surface area contributed by atoms with Gasteiger partial charge in [-0.05, 0) is 38.6 Å². The lowest BCUT2D eigenvalue weighted by molar-refractivity contribution is 0.133. The molecule has 2 rings (SSSR count). The zero-order valence-electron chi connectivity index (χ0n) is 11.1. The molecule has 2 amide bonds. The molecule has 0 aromatic heterocycles. The van der Waals surface area contributed by atoms with E-state index in [0.717, 1.165) is 45.3 Å². The molecule has 1 N–H and O–H groups in total. The molecular weight excluding hydrogens is 214 g/mol. The first-order valence-corrected chi connectivity index (χ1v) is 6.96. The molecule has 2 aliphatic rings. The van der Waals surface area contributed by atoms with E-state index in [1.54, 1.807) is 0 Å². The van der Waals surface area contributed by atoms with Crippen molar-refractivity contribution >= 4 is 6.03 Å². The number of carbonyl (C=O) groups excluding carboxylic acids is 1. The van der Waals surface area contributed by atoms with E-state index in [4.69, 9.17) is 0 Å². The van der Waals surface area contributed by atoms with Gasteiger partial charge >= 0.3 is 6.03 Å². The number of amides is 2.